The first-order chi connectivity index (χ1) is 16.3. The molecule has 0 aromatic heterocycles. The molecule has 1 amide bonds. The Labute approximate surface area is 200 Å². The average Bonchev–Trinajstić information content (AvgIpc) is 2.85. The second kappa shape index (κ2) is 10.9. The molecule has 0 aliphatic rings. The Morgan fingerprint density at radius 1 is 0.882 bits per heavy atom. The Morgan fingerprint density at radius 2 is 1.53 bits per heavy atom. The topological polar surface area (TPSA) is 84.9 Å². The van der Waals surface area contributed by atoms with Crippen LogP contribution in [0.4, 0.5) is 0 Å². The molecule has 0 radical (unpaired) electrons. The maximum atomic E-state index is 13.1. The minimum absolute atomic E-state index is 0.0407. The number of hydrogen-bond donors (Lipinski definition) is 2. The van der Waals surface area contributed by atoms with Gasteiger partial charge in [0.05, 0.1) is 0 Å². The van der Waals surface area contributed by atoms with E-state index in [-0.39, 0.29) is 6.42 Å². The summed E-state index contributed by atoms with van der Waals surface area (Å²) < 4.78 is 11.7. The number of carboxylic acid groups (broad SMARTS) is 1. The molecule has 0 bridgehead atoms. The van der Waals surface area contributed by atoms with Crippen LogP contribution in [0.25, 0.3) is 0 Å². The Hall–Kier alpha value is -3.80. The van der Waals surface area contributed by atoms with E-state index in [2.05, 4.69) is 24.4 Å². The Balaban J connectivity index is 1.78. The second-order valence-corrected chi connectivity index (χ2v) is 8.17. The highest BCUT2D eigenvalue weighted by molar-refractivity contribution is 5.99. The third-order valence-corrected chi connectivity index (χ3v) is 6.00. The van der Waals surface area contributed by atoms with Crippen molar-refractivity contribution in [1.29, 1.82) is 0 Å². The van der Waals surface area contributed by atoms with E-state index >= 15 is 0 Å². The molecule has 0 spiro atoms. The summed E-state index contributed by atoms with van der Waals surface area (Å²) in [6, 6.07) is 20.2. The zero-order valence-corrected chi connectivity index (χ0v) is 20.1. The fraction of sp³-hybridized carbons (Fsp3) is 0.286. The third kappa shape index (κ3) is 5.57. The van der Waals surface area contributed by atoms with E-state index in [4.69, 9.17) is 9.47 Å². The number of rotatable bonds is 10. The SMILES string of the molecule is CCc1ccc(COc2ccc(C(=O)NC(CC)(Oc3ccccc3)C(=O)O)c(C)c2C)cc1. The summed E-state index contributed by atoms with van der Waals surface area (Å²) in [6.45, 7) is 7.88. The Bertz CT molecular complexity index is 1140. The number of hydrogen-bond acceptors (Lipinski definition) is 4. The van der Waals surface area contributed by atoms with Crippen LogP contribution in [0, 0.1) is 13.8 Å². The number of nitrogens with one attached hydrogen (secondary N) is 1. The van der Waals surface area contributed by atoms with Crippen molar-refractivity contribution in [2.45, 2.75) is 52.9 Å². The van der Waals surface area contributed by atoms with Crippen LogP contribution in [0.5, 0.6) is 11.5 Å². The number of carbonyl (C=O) groups excluding carboxylic acids is 1. The van der Waals surface area contributed by atoms with Crippen LogP contribution in [-0.2, 0) is 17.8 Å². The first-order valence-corrected chi connectivity index (χ1v) is 11.4. The third-order valence-electron chi connectivity index (χ3n) is 6.00. The fourth-order valence-corrected chi connectivity index (χ4v) is 3.61. The van der Waals surface area contributed by atoms with Crippen molar-refractivity contribution in [3.8, 4) is 11.5 Å². The maximum Gasteiger partial charge on any atom is 0.370 e. The van der Waals surface area contributed by atoms with Gasteiger partial charge in [-0.3, -0.25) is 4.79 Å². The molecular formula is C28H31NO5. The van der Waals surface area contributed by atoms with Gasteiger partial charge >= 0.3 is 5.97 Å². The lowest BCUT2D eigenvalue weighted by molar-refractivity contribution is -0.158. The van der Waals surface area contributed by atoms with Crippen LogP contribution in [0.3, 0.4) is 0 Å². The lowest BCUT2D eigenvalue weighted by Crippen LogP contribution is -2.58. The molecule has 0 aliphatic carbocycles. The van der Waals surface area contributed by atoms with Crippen molar-refractivity contribution in [2.24, 2.45) is 0 Å². The van der Waals surface area contributed by atoms with E-state index in [0.29, 0.717) is 29.2 Å². The van der Waals surface area contributed by atoms with E-state index in [1.165, 1.54) is 5.56 Å². The first-order valence-electron chi connectivity index (χ1n) is 11.4. The van der Waals surface area contributed by atoms with Crippen LogP contribution in [0.1, 0.15) is 52.9 Å². The zero-order valence-electron chi connectivity index (χ0n) is 20.1. The molecule has 1 unspecified atom stereocenters. The summed E-state index contributed by atoms with van der Waals surface area (Å²) in [7, 11) is 0. The summed E-state index contributed by atoms with van der Waals surface area (Å²) >= 11 is 0. The molecule has 0 saturated carbocycles. The highest BCUT2D eigenvalue weighted by atomic mass is 16.5. The molecular weight excluding hydrogens is 430 g/mol. The molecule has 0 aliphatic heterocycles. The highest BCUT2D eigenvalue weighted by Crippen LogP contribution is 2.27. The van der Waals surface area contributed by atoms with E-state index in [1.807, 2.05) is 26.0 Å². The number of para-hydroxylation sites is 1. The van der Waals surface area contributed by atoms with E-state index in [9.17, 15) is 14.7 Å². The predicted molar refractivity (Wildman–Crippen MR) is 131 cm³/mol. The monoisotopic (exact) mass is 461 g/mol. The molecule has 1 atom stereocenters. The van der Waals surface area contributed by atoms with Gasteiger partial charge < -0.3 is 19.9 Å². The summed E-state index contributed by atoms with van der Waals surface area (Å²) in [5.41, 5.74) is 2.34. The zero-order chi connectivity index (χ0) is 24.7. The molecule has 0 fully saturated rings. The first kappa shape index (κ1) is 24.8. The molecule has 3 rings (SSSR count). The second-order valence-electron chi connectivity index (χ2n) is 8.17. The quantitative estimate of drug-likeness (QED) is 0.393. The van der Waals surface area contributed by atoms with Crippen LogP contribution >= 0.6 is 0 Å². The van der Waals surface area contributed by atoms with Crippen LogP contribution in [-0.4, -0.2) is 22.7 Å². The number of aliphatic carboxylic acids is 1. The van der Waals surface area contributed by atoms with Crippen molar-refractivity contribution in [1.82, 2.24) is 5.32 Å². The predicted octanol–water partition coefficient (Wildman–Crippen LogP) is 5.44. The number of carboxylic acids is 1. The van der Waals surface area contributed by atoms with E-state index in [0.717, 1.165) is 17.5 Å². The highest BCUT2D eigenvalue weighted by Gasteiger charge is 2.41. The smallest absolute Gasteiger partial charge is 0.370 e. The van der Waals surface area contributed by atoms with Crippen molar-refractivity contribution in [3.05, 3.63) is 94.5 Å². The van der Waals surface area contributed by atoms with Crippen molar-refractivity contribution in [2.75, 3.05) is 0 Å². The summed E-state index contributed by atoms with van der Waals surface area (Å²) in [5.74, 6) is -0.761. The maximum absolute atomic E-state index is 13.1. The standard InChI is InChI=1S/C28H31NO5/c1-5-21-12-14-22(15-13-21)18-33-25-17-16-24(19(3)20(25)4)26(30)29-28(6-2,27(31)32)34-23-10-8-7-9-11-23/h7-17H,5-6,18H2,1-4H3,(H,29,30)(H,31,32). The van der Waals surface area contributed by atoms with Gasteiger partial charge in [-0.15, -0.1) is 0 Å². The van der Waals surface area contributed by atoms with Gasteiger partial charge in [0.2, 0.25) is 0 Å². The van der Waals surface area contributed by atoms with Gasteiger partial charge in [0.25, 0.3) is 11.6 Å². The van der Waals surface area contributed by atoms with Gasteiger partial charge in [-0.1, -0.05) is 56.3 Å². The van der Waals surface area contributed by atoms with Gasteiger partial charge in [-0.25, -0.2) is 4.79 Å². The van der Waals surface area contributed by atoms with Gasteiger partial charge in [0, 0.05) is 12.0 Å². The normalized spacial score (nSPS) is 12.5. The van der Waals surface area contributed by atoms with E-state index in [1.54, 1.807) is 49.4 Å². The number of aryl methyl sites for hydroxylation is 1. The number of carbonyl (C=O) groups is 2. The van der Waals surface area contributed by atoms with Gasteiger partial charge in [0.1, 0.15) is 18.1 Å². The van der Waals surface area contributed by atoms with Crippen molar-refractivity contribution in [3.63, 3.8) is 0 Å². The van der Waals surface area contributed by atoms with Gasteiger partial charge in [-0.05, 0) is 66.8 Å². The van der Waals surface area contributed by atoms with Crippen LogP contribution < -0.4 is 14.8 Å². The number of benzene rings is 3. The van der Waals surface area contributed by atoms with Crippen molar-refractivity contribution < 1.29 is 24.2 Å². The Kier molecular flexibility index (Phi) is 7.95. The summed E-state index contributed by atoms with van der Waals surface area (Å²) in [6.07, 6.45) is 1.03. The molecule has 3 aromatic rings. The molecule has 0 saturated heterocycles. The number of ether oxygens (including phenoxy) is 2. The molecule has 0 heterocycles. The fourth-order valence-electron chi connectivity index (χ4n) is 3.61. The van der Waals surface area contributed by atoms with Crippen LogP contribution in [0.2, 0.25) is 0 Å². The van der Waals surface area contributed by atoms with E-state index < -0.39 is 17.6 Å². The lowest BCUT2D eigenvalue weighted by Gasteiger charge is -2.30. The molecule has 6 heteroatoms. The summed E-state index contributed by atoms with van der Waals surface area (Å²) in [5, 5.41) is 12.5. The number of amides is 1. The molecule has 2 N–H and O–H groups in total. The molecule has 3 aromatic carbocycles. The Morgan fingerprint density at radius 3 is 2.12 bits per heavy atom. The minimum Gasteiger partial charge on any atom is -0.489 e. The molecule has 6 nitrogen and oxygen atoms in total. The van der Waals surface area contributed by atoms with Crippen molar-refractivity contribution >= 4 is 11.9 Å². The molecule has 178 valence electrons. The van der Waals surface area contributed by atoms with Crippen LogP contribution in [0.15, 0.2) is 66.7 Å². The van der Waals surface area contributed by atoms with Gasteiger partial charge in [0.15, 0.2) is 0 Å². The minimum atomic E-state index is -1.89. The summed E-state index contributed by atoms with van der Waals surface area (Å²) in [4.78, 5) is 25.3. The average molecular weight is 462 g/mol. The van der Waals surface area contributed by atoms with Gasteiger partial charge in [-0.2, -0.15) is 0 Å². The lowest BCUT2D eigenvalue weighted by atomic mass is 10.0. The largest absolute Gasteiger partial charge is 0.489 e. The molecule has 34 heavy (non-hydrogen) atoms.